The summed E-state index contributed by atoms with van der Waals surface area (Å²) in [6.45, 7) is 0.603. The number of amides is 1. The Morgan fingerprint density at radius 3 is 2.97 bits per heavy atom. The van der Waals surface area contributed by atoms with Gasteiger partial charge in [0.15, 0.2) is 17.2 Å². The van der Waals surface area contributed by atoms with Gasteiger partial charge in [-0.15, -0.1) is 5.10 Å². The molecule has 0 atom stereocenters. The maximum Gasteiger partial charge on any atom is 0.414 e. The predicted molar refractivity (Wildman–Crippen MR) is 108 cm³/mol. The van der Waals surface area contributed by atoms with Gasteiger partial charge in [0.1, 0.15) is 6.07 Å². The van der Waals surface area contributed by atoms with Crippen LogP contribution < -0.4 is 15.5 Å². The molecule has 29 heavy (non-hydrogen) atoms. The minimum absolute atomic E-state index is 0.367. The molecule has 0 saturated heterocycles. The van der Waals surface area contributed by atoms with Gasteiger partial charge < -0.3 is 15.4 Å². The van der Waals surface area contributed by atoms with E-state index < -0.39 is 0 Å². The summed E-state index contributed by atoms with van der Waals surface area (Å²) in [5, 5.41) is 20.6. The van der Waals surface area contributed by atoms with Crippen molar-refractivity contribution in [1.82, 2.24) is 14.6 Å². The number of fused-ring (bicyclic) bond motifs is 2. The van der Waals surface area contributed by atoms with Gasteiger partial charge in [0.05, 0.1) is 24.7 Å². The fraction of sp³-hybridized carbons (Fsp3) is 0.300. The Balaban J connectivity index is 1.50. The summed E-state index contributed by atoms with van der Waals surface area (Å²) in [5.74, 6) is 0.581. The molecule has 1 aliphatic heterocycles. The molecule has 1 aromatic carbocycles. The molecule has 1 saturated carbocycles. The number of methoxy groups -OCH3 is 1. The SMILES string of the molecule is COC(=O)N1CCc2ccc(Nc3cc(NC4CC4)c4ncc(C#N)n4n3)cc21. The van der Waals surface area contributed by atoms with Gasteiger partial charge in [0.25, 0.3) is 0 Å². The fourth-order valence-electron chi connectivity index (χ4n) is 3.56. The standard InChI is InChI=1S/C20H19N7O2/c1-29-20(28)26-7-6-12-2-3-14(8-17(12)26)24-18-9-16(23-13-4-5-13)19-22-11-15(10-21)27(19)25-18/h2-3,8-9,11,13,23H,4-7H2,1H3,(H,24,25). The summed E-state index contributed by atoms with van der Waals surface area (Å²) < 4.78 is 6.42. The number of aromatic nitrogens is 3. The van der Waals surface area contributed by atoms with Crippen molar-refractivity contribution >= 4 is 34.6 Å². The van der Waals surface area contributed by atoms with Gasteiger partial charge in [-0.3, -0.25) is 4.90 Å². The van der Waals surface area contributed by atoms with Crippen LogP contribution in [0.15, 0.2) is 30.5 Å². The Morgan fingerprint density at radius 2 is 2.21 bits per heavy atom. The van der Waals surface area contributed by atoms with E-state index in [0.29, 0.717) is 29.7 Å². The van der Waals surface area contributed by atoms with Crippen LogP contribution in [0.25, 0.3) is 5.65 Å². The van der Waals surface area contributed by atoms with E-state index in [9.17, 15) is 10.1 Å². The minimum Gasteiger partial charge on any atom is -0.452 e. The first-order valence-electron chi connectivity index (χ1n) is 9.47. The maximum atomic E-state index is 12.0. The third-order valence-electron chi connectivity index (χ3n) is 5.17. The van der Waals surface area contributed by atoms with E-state index in [-0.39, 0.29) is 6.09 Å². The van der Waals surface area contributed by atoms with Gasteiger partial charge in [-0.2, -0.15) is 9.78 Å². The van der Waals surface area contributed by atoms with Crippen molar-refractivity contribution in [2.75, 3.05) is 29.2 Å². The monoisotopic (exact) mass is 389 g/mol. The molecule has 1 amide bonds. The third kappa shape index (κ3) is 3.08. The number of nitrogens with one attached hydrogen (secondary N) is 2. The van der Waals surface area contributed by atoms with E-state index in [4.69, 9.17) is 4.74 Å². The average Bonchev–Trinajstić information content (AvgIpc) is 3.29. The number of carbonyl (C=O) groups excluding carboxylic acids is 1. The van der Waals surface area contributed by atoms with Gasteiger partial charge in [0.2, 0.25) is 0 Å². The molecule has 2 aromatic heterocycles. The number of hydrogen-bond acceptors (Lipinski definition) is 7. The number of hydrogen-bond donors (Lipinski definition) is 2. The van der Waals surface area contributed by atoms with Crippen LogP contribution in [0.3, 0.4) is 0 Å². The molecule has 146 valence electrons. The second-order valence-corrected chi connectivity index (χ2v) is 7.19. The first-order valence-corrected chi connectivity index (χ1v) is 9.47. The lowest BCUT2D eigenvalue weighted by Gasteiger charge is -2.17. The molecule has 2 aliphatic rings. The lowest BCUT2D eigenvalue weighted by Crippen LogP contribution is -2.28. The average molecular weight is 389 g/mol. The zero-order valence-electron chi connectivity index (χ0n) is 15.8. The quantitative estimate of drug-likeness (QED) is 0.706. The second kappa shape index (κ2) is 6.67. The molecule has 3 heterocycles. The van der Waals surface area contributed by atoms with Crippen LogP contribution in [0.1, 0.15) is 24.1 Å². The number of benzene rings is 1. The van der Waals surface area contributed by atoms with Crippen LogP contribution in [0, 0.1) is 11.3 Å². The summed E-state index contributed by atoms with van der Waals surface area (Å²) in [5.41, 5.74) is 4.56. The Kier molecular flexibility index (Phi) is 3.98. The van der Waals surface area contributed by atoms with Gasteiger partial charge >= 0.3 is 6.09 Å². The number of carbonyl (C=O) groups is 1. The first kappa shape index (κ1) is 17.3. The van der Waals surface area contributed by atoms with Crippen molar-refractivity contribution in [3.8, 4) is 6.07 Å². The summed E-state index contributed by atoms with van der Waals surface area (Å²) in [6, 6.07) is 10.3. The van der Waals surface area contributed by atoms with Crippen LogP contribution in [0.4, 0.5) is 27.7 Å². The molecular weight excluding hydrogens is 370 g/mol. The maximum absolute atomic E-state index is 12.0. The highest BCUT2D eigenvalue weighted by atomic mass is 16.5. The van der Waals surface area contributed by atoms with Gasteiger partial charge in [0, 0.05) is 24.3 Å². The number of imidazole rings is 1. The van der Waals surface area contributed by atoms with Crippen molar-refractivity contribution < 1.29 is 9.53 Å². The number of rotatable bonds is 4. The molecule has 0 spiro atoms. The van der Waals surface area contributed by atoms with E-state index in [2.05, 4.69) is 26.8 Å². The summed E-state index contributed by atoms with van der Waals surface area (Å²) in [7, 11) is 1.38. The van der Waals surface area contributed by atoms with Crippen LogP contribution in [0.2, 0.25) is 0 Å². The number of nitriles is 1. The van der Waals surface area contributed by atoms with Crippen molar-refractivity contribution in [3.05, 3.63) is 41.7 Å². The summed E-state index contributed by atoms with van der Waals surface area (Å²) in [6.07, 6.45) is 4.20. The molecule has 9 heteroatoms. The second-order valence-electron chi connectivity index (χ2n) is 7.19. The van der Waals surface area contributed by atoms with Crippen molar-refractivity contribution in [3.63, 3.8) is 0 Å². The van der Waals surface area contributed by atoms with Crippen molar-refractivity contribution in [2.45, 2.75) is 25.3 Å². The molecule has 1 fully saturated rings. The Hall–Kier alpha value is -3.80. The fourth-order valence-corrected chi connectivity index (χ4v) is 3.56. The molecule has 0 unspecified atom stereocenters. The molecule has 5 rings (SSSR count). The summed E-state index contributed by atoms with van der Waals surface area (Å²) >= 11 is 0. The highest BCUT2D eigenvalue weighted by Gasteiger charge is 2.26. The zero-order chi connectivity index (χ0) is 20.0. The van der Waals surface area contributed by atoms with E-state index in [0.717, 1.165) is 41.9 Å². The number of anilines is 4. The minimum atomic E-state index is -0.367. The molecule has 3 aromatic rings. The van der Waals surface area contributed by atoms with Gasteiger partial charge in [-0.1, -0.05) is 6.07 Å². The van der Waals surface area contributed by atoms with E-state index in [1.54, 1.807) is 9.42 Å². The highest BCUT2D eigenvalue weighted by Crippen LogP contribution is 2.33. The topological polar surface area (TPSA) is 108 Å². The van der Waals surface area contributed by atoms with E-state index >= 15 is 0 Å². The molecular formula is C20H19N7O2. The first-order chi connectivity index (χ1) is 14.2. The number of ether oxygens (including phenoxy) is 1. The van der Waals surface area contributed by atoms with Crippen LogP contribution in [-0.2, 0) is 11.2 Å². The molecule has 1 aliphatic carbocycles. The predicted octanol–water partition coefficient (Wildman–Crippen LogP) is 3.05. The Labute approximate surface area is 166 Å². The lowest BCUT2D eigenvalue weighted by molar-refractivity contribution is 0.179. The zero-order valence-corrected chi connectivity index (χ0v) is 15.8. The normalized spacial score (nSPS) is 15.1. The van der Waals surface area contributed by atoms with E-state index in [1.165, 1.54) is 13.3 Å². The molecule has 2 N–H and O–H groups in total. The van der Waals surface area contributed by atoms with Gasteiger partial charge in [-0.25, -0.2) is 9.78 Å². The Bertz CT molecular complexity index is 1160. The van der Waals surface area contributed by atoms with Crippen LogP contribution >= 0.6 is 0 Å². The molecule has 9 nitrogen and oxygen atoms in total. The van der Waals surface area contributed by atoms with Gasteiger partial charge in [-0.05, 0) is 37.0 Å². The van der Waals surface area contributed by atoms with Crippen molar-refractivity contribution in [1.29, 1.82) is 5.26 Å². The lowest BCUT2D eigenvalue weighted by atomic mass is 10.1. The Morgan fingerprint density at radius 1 is 1.34 bits per heavy atom. The largest absolute Gasteiger partial charge is 0.452 e. The molecule has 0 radical (unpaired) electrons. The van der Waals surface area contributed by atoms with E-state index in [1.807, 2.05) is 24.3 Å². The smallest absolute Gasteiger partial charge is 0.414 e. The van der Waals surface area contributed by atoms with Crippen LogP contribution in [-0.4, -0.2) is 40.4 Å². The van der Waals surface area contributed by atoms with Crippen LogP contribution in [0.5, 0.6) is 0 Å². The van der Waals surface area contributed by atoms with Crippen molar-refractivity contribution in [2.24, 2.45) is 0 Å². The summed E-state index contributed by atoms with van der Waals surface area (Å²) in [4.78, 5) is 18.0. The number of nitrogens with zero attached hydrogens (tertiary/aromatic N) is 5. The molecule has 0 bridgehead atoms. The highest BCUT2D eigenvalue weighted by molar-refractivity contribution is 5.91. The third-order valence-corrected chi connectivity index (χ3v) is 5.17.